The molecule has 3 nitrogen and oxygen atoms in total. The maximum Gasteiger partial charge on any atom is 0.174 e. The summed E-state index contributed by atoms with van der Waals surface area (Å²) >= 11 is 5.72. The molecule has 1 N–H and O–H groups in total. The second-order valence-electron chi connectivity index (χ2n) is 4.08. The van der Waals surface area contributed by atoms with Gasteiger partial charge in [0.25, 0.3) is 0 Å². The highest BCUT2D eigenvalue weighted by Crippen LogP contribution is 2.20. The van der Waals surface area contributed by atoms with Gasteiger partial charge < -0.3 is 10.1 Å². The Morgan fingerprint density at radius 1 is 1.25 bits per heavy atom. The number of rotatable bonds is 5. The Morgan fingerprint density at radius 2 is 2.10 bits per heavy atom. The summed E-state index contributed by atoms with van der Waals surface area (Å²) in [4.78, 5) is 0. The predicted octanol–water partition coefficient (Wildman–Crippen LogP) is 3.99. The maximum atomic E-state index is 13.0. The van der Waals surface area contributed by atoms with E-state index >= 15 is 0 Å². The second-order valence-corrected chi connectivity index (χ2v) is 4.48. The van der Waals surface area contributed by atoms with Gasteiger partial charge in [0.2, 0.25) is 0 Å². The van der Waals surface area contributed by atoms with E-state index in [9.17, 15) is 4.39 Å². The Balaban J connectivity index is 1.99. The van der Waals surface area contributed by atoms with Crippen molar-refractivity contribution < 1.29 is 9.13 Å². The van der Waals surface area contributed by atoms with Crippen LogP contribution < -0.4 is 10.1 Å². The van der Waals surface area contributed by atoms with E-state index in [0.29, 0.717) is 12.3 Å². The zero-order valence-corrected chi connectivity index (χ0v) is 11.3. The monoisotopic (exact) mass is 290 g/mol. The highest BCUT2D eigenvalue weighted by atomic mass is 35.5. The van der Waals surface area contributed by atoms with Gasteiger partial charge in [-0.2, -0.15) is 5.26 Å². The first-order chi connectivity index (χ1) is 9.69. The number of halogens is 2. The molecule has 2 rings (SSSR count). The summed E-state index contributed by atoms with van der Waals surface area (Å²) in [6.07, 6.45) is 0. The fourth-order valence-corrected chi connectivity index (χ4v) is 1.87. The number of nitrogens with zero attached hydrogens (tertiary/aromatic N) is 1. The quantitative estimate of drug-likeness (QED) is 0.905. The molecule has 0 atom stereocenters. The molecule has 0 amide bonds. The molecule has 102 valence electrons. The van der Waals surface area contributed by atoms with Crippen molar-refractivity contribution in [3.8, 4) is 11.8 Å². The lowest BCUT2D eigenvalue weighted by atomic mass is 10.2. The van der Waals surface area contributed by atoms with Crippen molar-refractivity contribution in [1.29, 1.82) is 5.26 Å². The third-order valence-corrected chi connectivity index (χ3v) is 2.91. The van der Waals surface area contributed by atoms with Gasteiger partial charge in [0.1, 0.15) is 17.6 Å². The first kappa shape index (κ1) is 14.2. The lowest BCUT2D eigenvalue weighted by molar-refractivity contribution is 0.368. The van der Waals surface area contributed by atoms with E-state index in [1.54, 1.807) is 24.3 Å². The van der Waals surface area contributed by atoms with Crippen LogP contribution in [0.2, 0.25) is 5.02 Å². The maximum absolute atomic E-state index is 13.0. The molecule has 0 aliphatic carbocycles. The van der Waals surface area contributed by atoms with Crippen LogP contribution in [0.5, 0.6) is 5.75 Å². The fraction of sp³-hybridized carbons (Fsp3) is 0.133. The summed E-state index contributed by atoms with van der Waals surface area (Å²) in [5.41, 5.74) is 1.72. The molecule has 0 unspecified atom stereocenters. The van der Waals surface area contributed by atoms with E-state index in [2.05, 4.69) is 5.32 Å². The number of nitriles is 1. The molecular formula is C15H12ClFN2O. The van der Waals surface area contributed by atoms with Crippen molar-refractivity contribution >= 4 is 17.3 Å². The molecule has 0 bridgehead atoms. The summed E-state index contributed by atoms with van der Waals surface area (Å²) in [7, 11) is 0. The van der Waals surface area contributed by atoms with Gasteiger partial charge in [-0.25, -0.2) is 4.39 Å². The Morgan fingerprint density at radius 3 is 2.85 bits per heavy atom. The minimum atomic E-state index is -0.428. The van der Waals surface area contributed by atoms with Gasteiger partial charge in [-0.15, -0.1) is 0 Å². The Bertz CT molecular complexity index is 640. The molecular weight excluding hydrogens is 279 g/mol. The van der Waals surface area contributed by atoms with E-state index in [1.807, 2.05) is 18.2 Å². The van der Waals surface area contributed by atoms with Crippen LogP contribution in [0.25, 0.3) is 0 Å². The first-order valence-electron chi connectivity index (χ1n) is 5.96. The van der Waals surface area contributed by atoms with Crippen molar-refractivity contribution in [2.45, 2.75) is 6.54 Å². The van der Waals surface area contributed by atoms with Crippen LogP contribution in [0.3, 0.4) is 0 Å². The molecule has 0 spiro atoms. The van der Waals surface area contributed by atoms with Crippen LogP contribution in [0, 0.1) is 17.1 Å². The van der Waals surface area contributed by atoms with Gasteiger partial charge in [0.05, 0.1) is 5.02 Å². The lowest BCUT2D eigenvalue weighted by Gasteiger charge is -2.09. The largest absolute Gasteiger partial charge is 0.479 e. The van der Waals surface area contributed by atoms with Crippen LogP contribution >= 0.6 is 11.6 Å². The normalized spacial score (nSPS) is 9.85. The molecule has 0 aliphatic heterocycles. The van der Waals surface area contributed by atoms with Gasteiger partial charge in [0, 0.05) is 18.3 Å². The number of benzene rings is 2. The lowest BCUT2D eigenvalue weighted by Crippen LogP contribution is -2.00. The smallest absolute Gasteiger partial charge is 0.174 e. The van der Waals surface area contributed by atoms with E-state index in [-0.39, 0.29) is 11.6 Å². The van der Waals surface area contributed by atoms with E-state index in [4.69, 9.17) is 21.6 Å². The SMILES string of the molecule is N#CCOc1cccc(NCc2ccc(F)c(Cl)c2)c1. The van der Waals surface area contributed by atoms with E-state index in [0.717, 1.165) is 11.3 Å². The third kappa shape index (κ3) is 3.87. The number of nitrogens with one attached hydrogen (secondary N) is 1. The van der Waals surface area contributed by atoms with Crippen molar-refractivity contribution in [1.82, 2.24) is 0 Å². The Labute approximate surface area is 121 Å². The van der Waals surface area contributed by atoms with Crippen LogP contribution in [0.15, 0.2) is 42.5 Å². The topological polar surface area (TPSA) is 45.0 Å². The van der Waals surface area contributed by atoms with Crippen molar-refractivity contribution in [2.75, 3.05) is 11.9 Å². The van der Waals surface area contributed by atoms with Crippen LogP contribution in [-0.2, 0) is 6.54 Å². The second kappa shape index (κ2) is 6.78. The van der Waals surface area contributed by atoms with Gasteiger partial charge in [-0.3, -0.25) is 0 Å². The zero-order chi connectivity index (χ0) is 14.4. The third-order valence-electron chi connectivity index (χ3n) is 2.62. The molecule has 0 saturated heterocycles. The van der Waals surface area contributed by atoms with Gasteiger partial charge in [-0.1, -0.05) is 23.7 Å². The summed E-state index contributed by atoms with van der Waals surface area (Å²) in [5, 5.41) is 11.8. The van der Waals surface area contributed by atoms with Crippen molar-refractivity contribution in [2.24, 2.45) is 0 Å². The van der Waals surface area contributed by atoms with Crippen molar-refractivity contribution in [3.63, 3.8) is 0 Å². The Kier molecular flexibility index (Phi) is 4.80. The van der Waals surface area contributed by atoms with Crippen LogP contribution in [0.1, 0.15) is 5.56 Å². The minimum Gasteiger partial charge on any atom is -0.479 e. The average molecular weight is 291 g/mol. The number of hydrogen-bond acceptors (Lipinski definition) is 3. The molecule has 2 aromatic rings. The molecule has 0 aliphatic rings. The van der Waals surface area contributed by atoms with Crippen LogP contribution in [-0.4, -0.2) is 6.61 Å². The van der Waals surface area contributed by atoms with Gasteiger partial charge in [0.15, 0.2) is 6.61 Å². The van der Waals surface area contributed by atoms with Gasteiger partial charge >= 0.3 is 0 Å². The highest BCUT2D eigenvalue weighted by molar-refractivity contribution is 6.30. The summed E-state index contributed by atoms with van der Waals surface area (Å²) in [6, 6.07) is 13.8. The minimum absolute atomic E-state index is 0.0109. The van der Waals surface area contributed by atoms with E-state index in [1.165, 1.54) is 6.07 Å². The average Bonchev–Trinajstić information content (AvgIpc) is 2.47. The van der Waals surface area contributed by atoms with E-state index < -0.39 is 5.82 Å². The molecule has 20 heavy (non-hydrogen) atoms. The predicted molar refractivity (Wildman–Crippen MR) is 76.3 cm³/mol. The molecule has 0 aromatic heterocycles. The number of ether oxygens (including phenoxy) is 1. The summed E-state index contributed by atoms with van der Waals surface area (Å²) < 4.78 is 18.2. The number of hydrogen-bond donors (Lipinski definition) is 1. The number of anilines is 1. The zero-order valence-electron chi connectivity index (χ0n) is 10.6. The summed E-state index contributed by atoms with van der Waals surface area (Å²) in [6.45, 7) is 0.527. The highest BCUT2D eigenvalue weighted by Gasteiger charge is 2.01. The molecule has 2 aromatic carbocycles. The molecule has 0 saturated carbocycles. The molecule has 0 radical (unpaired) electrons. The molecule has 0 fully saturated rings. The Hall–Kier alpha value is -2.25. The fourth-order valence-electron chi connectivity index (χ4n) is 1.67. The first-order valence-corrected chi connectivity index (χ1v) is 6.34. The molecule has 0 heterocycles. The summed E-state index contributed by atoms with van der Waals surface area (Å²) in [5.74, 6) is 0.191. The van der Waals surface area contributed by atoms with Gasteiger partial charge in [-0.05, 0) is 29.8 Å². The molecule has 5 heteroatoms. The van der Waals surface area contributed by atoms with Crippen molar-refractivity contribution in [3.05, 3.63) is 58.9 Å². The standard InChI is InChI=1S/C15H12ClFN2O/c16-14-8-11(4-5-15(14)17)10-19-12-2-1-3-13(9-12)20-7-6-18/h1-5,8-9,19H,7,10H2. The van der Waals surface area contributed by atoms with Crippen LogP contribution in [0.4, 0.5) is 10.1 Å².